The Morgan fingerprint density at radius 2 is 1.70 bits per heavy atom. The molecule has 3 rings (SSSR count). The van der Waals surface area contributed by atoms with Crippen LogP contribution in [0.4, 0.5) is 16.6 Å². The molecule has 0 spiro atoms. The third kappa shape index (κ3) is 6.21. The number of anilines is 2. The van der Waals surface area contributed by atoms with E-state index in [-0.39, 0.29) is 6.09 Å². The molecule has 1 aliphatic carbocycles. The number of aromatic nitrogens is 2. The van der Waals surface area contributed by atoms with E-state index in [4.69, 9.17) is 9.72 Å². The summed E-state index contributed by atoms with van der Waals surface area (Å²) in [7, 11) is 4.01. The van der Waals surface area contributed by atoms with Gasteiger partial charge in [-0.15, -0.1) is 0 Å². The first kappa shape index (κ1) is 22.1. The van der Waals surface area contributed by atoms with E-state index in [2.05, 4.69) is 21.7 Å². The smallest absolute Gasteiger partial charge is 0.407 e. The van der Waals surface area contributed by atoms with Gasteiger partial charge in [-0.1, -0.05) is 12.1 Å². The molecule has 7 nitrogen and oxygen atoms in total. The number of hydrogen-bond donors (Lipinski definition) is 2. The van der Waals surface area contributed by atoms with Crippen LogP contribution in [0.15, 0.2) is 24.3 Å². The van der Waals surface area contributed by atoms with Crippen LogP contribution in [0.5, 0.6) is 0 Å². The van der Waals surface area contributed by atoms with E-state index >= 15 is 0 Å². The summed E-state index contributed by atoms with van der Waals surface area (Å²) in [5, 5.41) is 7.43. The molecule has 1 heterocycles. The van der Waals surface area contributed by atoms with E-state index in [1.165, 1.54) is 0 Å². The van der Waals surface area contributed by atoms with Crippen LogP contribution in [0.25, 0.3) is 10.9 Å². The molecule has 1 fully saturated rings. The molecular formula is C23H35N5O2. The van der Waals surface area contributed by atoms with Gasteiger partial charge in [-0.25, -0.2) is 9.78 Å². The third-order valence-electron chi connectivity index (χ3n) is 5.46. The Hall–Kier alpha value is -2.57. The topological polar surface area (TPSA) is 79.4 Å². The van der Waals surface area contributed by atoms with Crippen LogP contribution in [-0.4, -0.2) is 48.8 Å². The monoisotopic (exact) mass is 413 g/mol. The summed E-state index contributed by atoms with van der Waals surface area (Å²) < 4.78 is 5.32. The number of ether oxygens (including phenoxy) is 1. The molecule has 0 saturated heterocycles. The number of rotatable bonds is 6. The van der Waals surface area contributed by atoms with Crippen LogP contribution < -0.4 is 15.5 Å². The lowest BCUT2D eigenvalue weighted by Crippen LogP contribution is -2.36. The van der Waals surface area contributed by atoms with Crippen molar-refractivity contribution in [3.05, 3.63) is 24.3 Å². The van der Waals surface area contributed by atoms with Gasteiger partial charge in [0, 0.05) is 32.6 Å². The van der Waals surface area contributed by atoms with E-state index in [0.29, 0.717) is 24.3 Å². The van der Waals surface area contributed by atoms with Gasteiger partial charge in [0.2, 0.25) is 5.95 Å². The number of nitrogens with one attached hydrogen (secondary N) is 2. The quantitative estimate of drug-likeness (QED) is 0.729. The van der Waals surface area contributed by atoms with Crippen LogP contribution in [0, 0.1) is 11.8 Å². The first-order valence-corrected chi connectivity index (χ1v) is 10.9. The second kappa shape index (κ2) is 9.49. The van der Waals surface area contributed by atoms with Crippen molar-refractivity contribution in [2.45, 2.75) is 52.1 Å². The Balaban J connectivity index is 1.47. The first-order valence-electron chi connectivity index (χ1n) is 10.9. The van der Waals surface area contributed by atoms with Crippen molar-refractivity contribution in [1.29, 1.82) is 0 Å². The summed E-state index contributed by atoms with van der Waals surface area (Å²) in [6, 6.07) is 8.10. The minimum atomic E-state index is -0.454. The first-order chi connectivity index (χ1) is 14.2. The third-order valence-corrected chi connectivity index (χ3v) is 5.46. The van der Waals surface area contributed by atoms with Crippen LogP contribution in [0.3, 0.4) is 0 Å². The van der Waals surface area contributed by atoms with Gasteiger partial charge in [-0.2, -0.15) is 4.98 Å². The second-order valence-electron chi connectivity index (χ2n) is 9.43. The SMILES string of the molecule is CN(C)c1nc(NC[C@H]2CC[C@@H](CNC(=O)OC(C)(C)C)CC2)nc2ccccc12. The van der Waals surface area contributed by atoms with Crippen molar-refractivity contribution >= 4 is 28.8 Å². The molecule has 2 aromatic rings. The lowest BCUT2D eigenvalue weighted by atomic mass is 9.82. The molecule has 0 aliphatic heterocycles. The fourth-order valence-corrected chi connectivity index (χ4v) is 3.90. The van der Waals surface area contributed by atoms with Gasteiger partial charge in [0.05, 0.1) is 5.52 Å². The molecule has 7 heteroatoms. The van der Waals surface area contributed by atoms with Crippen LogP contribution in [-0.2, 0) is 4.74 Å². The fraction of sp³-hybridized carbons (Fsp3) is 0.609. The lowest BCUT2D eigenvalue weighted by molar-refractivity contribution is 0.0513. The predicted molar refractivity (Wildman–Crippen MR) is 122 cm³/mol. The molecule has 30 heavy (non-hydrogen) atoms. The van der Waals surface area contributed by atoms with Crippen LogP contribution in [0.1, 0.15) is 46.5 Å². The zero-order valence-electron chi connectivity index (χ0n) is 18.9. The Labute approximate surface area is 179 Å². The molecule has 1 aromatic heterocycles. The highest BCUT2D eigenvalue weighted by atomic mass is 16.6. The van der Waals surface area contributed by atoms with Crippen molar-refractivity contribution in [1.82, 2.24) is 15.3 Å². The largest absolute Gasteiger partial charge is 0.444 e. The van der Waals surface area contributed by atoms with Gasteiger partial charge >= 0.3 is 6.09 Å². The number of hydrogen-bond acceptors (Lipinski definition) is 6. The Bertz CT molecular complexity index is 854. The van der Waals surface area contributed by atoms with Gasteiger partial charge < -0.3 is 20.3 Å². The number of fused-ring (bicyclic) bond motifs is 1. The van der Waals surface area contributed by atoms with E-state index in [1.807, 2.05) is 58.0 Å². The van der Waals surface area contributed by atoms with E-state index in [1.54, 1.807) is 0 Å². The zero-order chi connectivity index (χ0) is 21.7. The number of benzene rings is 1. The molecule has 0 radical (unpaired) electrons. The summed E-state index contributed by atoms with van der Waals surface area (Å²) in [6.45, 7) is 7.20. The maximum absolute atomic E-state index is 11.8. The maximum atomic E-state index is 11.8. The van der Waals surface area contributed by atoms with Crippen molar-refractivity contribution in [2.75, 3.05) is 37.4 Å². The van der Waals surface area contributed by atoms with Crippen molar-refractivity contribution in [3.63, 3.8) is 0 Å². The Kier molecular flexibility index (Phi) is 7.00. The van der Waals surface area contributed by atoms with Crippen molar-refractivity contribution in [2.24, 2.45) is 11.8 Å². The van der Waals surface area contributed by atoms with Gasteiger partial charge in [0.1, 0.15) is 11.4 Å². The van der Waals surface area contributed by atoms with Crippen molar-refractivity contribution in [3.8, 4) is 0 Å². The highest BCUT2D eigenvalue weighted by molar-refractivity contribution is 5.90. The van der Waals surface area contributed by atoms with Crippen LogP contribution in [0.2, 0.25) is 0 Å². The molecule has 0 atom stereocenters. The summed E-state index contributed by atoms with van der Waals surface area (Å²) in [5.74, 6) is 2.73. The molecular weight excluding hydrogens is 378 g/mol. The van der Waals surface area contributed by atoms with Gasteiger partial charge in [-0.05, 0) is 70.4 Å². The Morgan fingerprint density at radius 1 is 1.07 bits per heavy atom. The highest BCUT2D eigenvalue weighted by Crippen LogP contribution is 2.29. The van der Waals surface area contributed by atoms with E-state index in [0.717, 1.165) is 48.9 Å². The molecule has 164 valence electrons. The number of amides is 1. The predicted octanol–water partition coefficient (Wildman–Crippen LogP) is 4.44. The number of nitrogens with zero attached hydrogens (tertiary/aromatic N) is 3. The second-order valence-corrected chi connectivity index (χ2v) is 9.43. The summed E-state index contributed by atoms with van der Waals surface area (Å²) in [6.07, 6.45) is 4.19. The lowest BCUT2D eigenvalue weighted by Gasteiger charge is -2.29. The highest BCUT2D eigenvalue weighted by Gasteiger charge is 2.23. The molecule has 0 bridgehead atoms. The number of alkyl carbamates (subject to hydrolysis) is 1. The minimum absolute atomic E-state index is 0.323. The molecule has 2 N–H and O–H groups in total. The molecule has 1 saturated carbocycles. The Morgan fingerprint density at radius 3 is 2.33 bits per heavy atom. The fourth-order valence-electron chi connectivity index (χ4n) is 3.90. The zero-order valence-corrected chi connectivity index (χ0v) is 18.9. The minimum Gasteiger partial charge on any atom is -0.444 e. The van der Waals surface area contributed by atoms with Crippen molar-refractivity contribution < 1.29 is 9.53 Å². The number of para-hydroxylation sites is 1. The van der Waals surface area contributed by atoms with Gasteiger partial charge in [-0.3, -0.25) is 0 Å². The normalized spacial score (nSPS) is 19.4. The summed E-state index contributed by atoms with van der Waals surface area (Å²) in [4.78, 5) is 23.3. The van der Waals surface area contributed by atoms with E-state index < -0.39 is 5.60 Å². The molecule has 1 aliphatic rings. The molecule has 0 unspecified atom stereocenters. The average molecular weight is 414 g/mol. The number of carbonyl (C=O) groups excluding carboxylic acids is 1. The van der Waals surface area contributed by atoms with Gasteiger partial charge in [0.15, 0.2) is 0 Å². The number of carbonyl (C=O) groups is 1. The average Bonchev–Trinajstić information content (AvgIpc) is 2.69. The van der Waals surface area contributed by atoms with E-state index in [9.17, 15) is 4.79 Å². The summed E-state index contributed by atoms with van der Waals surface area (Å²) in [5.41, 5.74) is 0.501. The maximum Gasteiger partial charge on any atom is 0.407 e. The standard InChI is InChI=1S/C23H35N5O2/c1-23(2,3)30-22(29)25-15-17-12-10-16(11-13-17)14-24-21-26-19-9-7-6-8-18(19)20(27-21)28(4)5/h6-9,16-17H,10-15H2,1-5H3,(H,25,29)(H,24,26,27)/t16-,17+. The summed E-state index contributed by atoms with van der Waals surface area (Å²) >= 11 is 0. The van der Waals surface area contributed by atoms with Gasteiger partial charge in [0.25, 0.3) is 0 Å². The molecule has 1 aromatic carbocycles. The van der Waals surface area contributed by atoms with Crippen LogP contribution >= 0.6 is 0 Å². The molecule has 1 amide bonds.